The smallest absolute Gasteiger partial charge is 0.410 e. The van der Waals surface area contributed by atoms with E-state index in [-0.39, 0.29) is 53.3 Å². The van der Waals surface area contributed by atoms with E-state index in [4.69, 9.17) is 23.7 Å². The highest BCUT2D eigenvalue weighted by Crippen LogP contribution is 2.65. The lowest BCUT2D eigenvalue weighted by Crippen LogP contribution is -2.70. The molecule has 2 unspecified atom stereocenters. The molecule has 0 aromatic heterocycles. The lowest BCUT2D eigenvalue weighted by atomic mass is 9.51. The number of methoxy groups -OCH3 is 2. The van der Waals surface area contributed by atoms with Crippen LogP contribution in [0.15, 0.2) is 22.7 Å². The number of benzene rings is 2. The first-order chi connectivity index (χ1) is 24.5. The molecule has 2 aromatic rings. The van der Waals surface area contributed by atoms with Crippen LogP contribution in [0.5, 0.6) is 11.5 Å². The number of aryl methyl sites for hydroxylation is 2. The van der Waals surface area contributed by atoms with Gasteiger partial charge in [0.25, 0.3) is 0 Å². The molecule has 2 spiro atoms. The van der Waals surface area contributed by atoms with Crippen LogP contribution in [0.1, 0.15) is 66.0 Å². The molecule has 10 nitrogen and oxygen atoms in total. The van der Waals surface area contributed by atoms with Crippen LogP contribution >= 0.6 is 15.9 Å². The van der Waals surface area contributed by atoms with Gasteiger partial charge in [-0.2, -0.15) is 0 Å². The van der Waals surface area contributed by atoms with Gasteiger partial charge in [0.1, 0.15) is 35.9 Å². The van der Waals surface area contributed by atoms with Gasteiger partial charge in [-0.05, 0) is 113 Å². The summed E-state index contributed by atoms with van der Waals surface area (Å²) in [6.07, 6.45) is 2.94. The normalized spacial score (nSPS) is 40.3. The predicted molar refractivity (Wildman–Crippen MR) is 193 cm³/mol. The molecule has 276 valence electrons. The van der Waals surface area contributed by atoms with E-state index in [9.17, 15) is 15.0 Å². The van der Waals surface area contributed by atoms with Crippen LogP contribution in [-0.2, 0) is 37.9 Å². The van der Waals surface area contributed by atoms with Crippen LogP contribution in [0.4, 0.5) is 4.79 Å². The average Bonchev–Trinajstić information content (AvgIpc) is 3.65. The summed E-state index contributed by atoms with van der Waals surface area (Å²) in [6, 6.07) is 7.10. The summed E-state index contributed by atoms with van der Waals surface area (Å²) in [7, 11) is 5.60. The molecule has 4 heterocycles. The van der Waals surface area contributed by atoms with Gasteiger partial charge in [-0.1, -0.05) is 28.1 Å². The first-order valence-corrected chi connectivity index (χ1v) is 19.6. The van der Waals surface area contributed by atoms with Gasteiger partial charge in [0.05, 0.1) is 18.8 Å². The third kappa shape index (κ3) is 4.42. The first-order valence-electron chi connectivity index (χ1n) is 18.9. The number of hydrogen-bond acceptors (Lipinski definition) is 9. The highest BCUT2D eigenvalue weighted by atomic mass is 79.9. The molecular weight excluding hydrogens is 716 g/mol. The Morgan fingerprint density at radius 1 is 0.902 bits per heavy atom. The molecule has 4 bridgehead atoms. The highest BCUT2D eigenvalue weighted by Gasteiger charge is 2.69. The predicted octanol–water partition coefficient (Wildman–Crippen LogP) is 4.59. The summed E-state index contributed by atoms with van der Waals surface area (Å²) in [5, 5.41) is 22.0. The zero-order valence-electron chi connectivity index (χ0n) is 30.5. The first kappa shape index (κ1) is 34.4. The van der Waals surface area contributed by atoms with Crippen molar-refractivity contribution in [3.05, 3.63) is 56.1 Å². The molecular formula is C40H51BrN2O8. The van der Waals surface area contributed by atoms with Crippen LogP contribution in [0.25, 0.3) is 0 Å². The van der Waals surface area contributed by atoms with Crippen molar-refractivity contribution in [2.45, 2.75) is 119 Å². The average molecular weight is 768 g/mol. The van der Waals surface area contributed by atoms with Gasteiger partial charge < -0.3 is 43.7 Å². The number of carbonyl (C=O) groups is 1. The zero-order chi connectivity index (χ0) is 35.7. The van der Waals surface area contributed by atoms with Crippen molar-refractivity contribution >= 4 is 22.0 Å². The summed E-state index contributed by atoms with van der Waals surface area (Å²) in [6.45, 7) is 8.09. The zero-order valence-corrected chi connectivity index (χ0v) is 32.1. The number of likely N-dealkylation sites (N-methyl/N-ethyl adjacent to an activating group) is 1. The van der Waals surface area contributed by atoms with Gasteiger partial charge in [-0.25, -0.2) is 4.79 Å². The molecule has 1 amide bonds. The minimum Gasteiger partial charge on any atom is -0.486 e. The van der Waals surface area contributed by atoms with Gasteiger partial charge in [0.15, 0.2) is 0 Å². The molecule has 2 N–H and O–H groups in total. The second-order valence-electron chi connectivity index (χ2n) is 16.4. The second kappa shape index (κ2) is 12.0. The Hall–Kier alpha value is -2.41. The van der Waals surface area contributed by atoms with E-state index in [0.717, 1.165) is 60.2 Å². The molecule has 4 aliphatic carbocycles. The molecule has 4 aliphatic heterocycles. The van der Waals surface area contributed by atoms with Gasteiger partial charge in [-0.3, -0.25) is 0 Å². The fourth-order valence-electron chi connectivity index (χ4n) is 12.4. The third-order valence-corrected chi connectivity index (χ3v) is 15.3. The largest absolute Gasteiger partial charge is 0.486 e. The minimum absolute atomic E-state index is 0.0133. The lowest BCUT2D eigenvalue weighted by Gasteiger charge is -2.59. The third-order valence-electron chi connectivity index (χ3n) is 14.6. The number of amides is 1. The molecule has 8 aliphatic rings. The standard InChI is InChI=1S/C21H26BrNO5.C19H25NO3/c1-4-27-20(25)23-6-5-21-12-9-15(26-3)17(24)19(21)28-18-10(2)7-13(22)11(16(18)21)8-14(12)23;1-10-4-5-11-8-13-12-9-14(22-3)16(21)18-19(12,6-7-20(13)2)15(11)17(10)23-18/h7,12,14-15,17,19,24H,4-6,8-9H2,1-3H3;4-5,12-14,16,18,21H,6-9H2,1-3H3/t12-,14+,15+,17?,19-,21-;12-,13+,14+,16?,18-,19-/m00/s1. The van der Waals surface area contributed by atoms with Crippen molar-refractivity contribution in [2.75, 3.05) is 41.0 Å². The number of hydrogen-bond donors (Lipinski definition) is 2. The van der Waals surface area contributed by atoms with Gasteiger partial charge in [-0.15, -0.1) is 0 Å². The maximum Gasteiger partial charge on any atom is 0.410 e. The number of carbonyl (C=O) groups excluding carboxylic acids is 1. The number of aliphatic hydroxyl groups excluding tert-OH is 2. The summed E-state index contributed by atoms with van der Waals surface area (Å²) >= 11 is 3.76. The topological polar surface area (TPSA) is 110 Å². The fourth-order valence-corrected chi connectivity index (χ4v) is 13.1. The number of rotatable bonds is 3. The Balaban J connectivity index is 0.000000139. The van der Waals surface area contributed by atoms with Gasteiger partial charge in [0.2, 0.25) is 0 Å². The maximum absolute atomic E-state index is 12.7. The van der Waals surface area contributed by atoms with E-state index >= 15 is 0 Å². The molecule has 2 aromatic carbocycles. The molecule has 10 rings (SSSR count). The number of ether oxygens (including phenoxy) is 5. The van der Waals surface area contributed by atoms with Crippen molar-refractivity contribution in [3.63, 3.8) is 0 Å². The number of piperidine rings is 2. The van der Waals surface area contributed by atoms with Crippen molar-refractivity contribution < 1.29 is 38.7 Å². The number of halogens is 1. The molecule has 4 fully saturated rings. The quantitative estimate of drug-likeness (QED) is 0.464. The van der Waals surface area contributed by atoms with Crippen LogP contribution in [0.3, 0.4) is 0 Å². The molecule has 2 saturated heterocycles. The monoisotopic (exact) mass is 766 g/mol. The van der Waals surface area contributed by atoms with Crippen LogP contribution in [0, 0.1) is 25.7 Å². The maximum atomic E-state index is 12.7. The van der Waals surface area contributed by atoms with E-state index in [0.29, 0.717) is 31.5 Å². The van der Waals surface area contributed by atoms with E-state index in [1.54, 1.807) is 14.2 Å². The summed E-state index contributed by atoms with van der Waals surface area (Å²) < 4.78 is 30.6. The molecule has 51 heavy (non-hydrogen) atoms. The van der Waals surface area contributed by atoms with E-state index < -0.39 is 12.2 Å². The summed E-state index contributed by atoms with van der Waals surface area (Å²) in [5.74, 6) is 2.66. The van der Waals surface area contributed by atoms with Gasteiger partial charge in [0, 0.05) is 59.3 Å². The number of aliphatic hydroxyl groups is 2. The summed E-state index contributed by atoms with van der Waals surface area (Å²) in [4.78, 5) is 17.1. The Morgan fingerprint density at radius 3 is 2.16 bits per heavy atom. The Morgan fingerprint density at radius 2 is 1.51 bits per heavy atom. The van der Waals surface area contributed by atoms with Crippen molar-refractivity contribution in [3.8, 4) is 11.5 Å². The second-order valence-corrected chi connectivity index (χ2v) is 17.2. The Bertz CT molecular complexity index is 1770. The number of likely N-dealkylation sites (tertiary alicyclic amines) is 2. The van der Waals surface area contributed by atoms with Crippen molar-refractivity contribution in [1.29, 1.82) is 0 Å². The van der Waals surface area contributed by atoms with Crippen LogP contribution < -0.4 is 9.47 Å². The van der Waals surface area contributed by atoms with Crippen molar-refractivity contribution in [1.82, 2.24) is 9.80 Å². The minimum atomic E-state index is -0.687. The Kier molecular flexibility index (Phi) is 8.12. The molecule has 2 saturated carbocycles. The van der Waals surface area contributed by atoms with E-state index in [1.807, 2.05) is 11.8 Å². The fraction of sp³-hybridized carbons (Fsp3) is 0.675. The van der Waals surface area contributed by atoms with E-state index in [2.05, 4.69) is 59.9 Å². The van der Waals surface area contributed by atoms with E-state index in [1.165, 1.54) is 27.8 Å². The highest BCUT2D eigenvalue weighted by molar-refractivity contribution is 9.10. The molecule has 0 radical (unpaired) electrons. The van der Waals surface area contributed by atoms with Crippen molar-refractivity contribution in [2.24, 2.45) is 11.8 Å². The SMILES string of the molecule is CCOC(=O)N1CC[C@]23c4c5c(Br)cc(C)c4O[C@H]2C(O)[C@H](OC)C[C@H]3[C@H]1C5.CO[C@@H]1C[C@H]2[C@H]3Cc4ccc(C)c5c4[C@@]2(CCN3C)[C@@H](O5)C1O. The van der Waals surface area contributed by atoms with Gasteiger partial charge >= 0.3 is 6.09 Å². The summed E-state index contributed by atoms with van der Waals surface area (Å²) in [5.41, 5.74) is 7.31. The van der Waals surface area contributed by atoms with Crippen LogP contribution in [0.2, 0.25) is 0 Å². The molecule has 11 heteroatoms. The Labute approximate surface area is 308 Å². The number of nitrogens with zero attached hydrogens (tertiary/aromatic N) is 2. The molecule has 12 atom stereocenters. The lowest BCUT2D eigenvalue weighted by molar-refractivity contribution is -0.159. The van der Waals surface area contributed by atoms with Crippen LogP contribution in [-0.4, -0.2) is 116 Å².